The average molecular weight is 269 g/mol. The Labute approximate surface area is 123 Å². The molecule has 0 rings (SSSR count). The van der Waals surface area contributed by atoms with Crippen LogP contribution in [0.4, 0.5) is 0 Å². The molecule has 0 saturated carbocycles. The minimum atomic E-state index is 0.530. The summed E-state index contributed by atoms with van der Waals surface area (Å²) in [7, 11) is 0. The molecule has 0 nitrogen and oxygen atoms in total. The second-order valence-corrected chi connectivity index (χ2v) is 7.18. The van der Waals surface area contributed by atoms with Crippen molar-refractivity contribution >= 4 is 0 Å². The van der Waals surface area contributed by atoms with E-state index in [1.165, 1.54) is 25.7 Å². The summed E-state index contributed by atoms with van der Waals surface area (Å²) in [6.45, 7) is 21.9. The molecule has 4 atom stereocenters. The van der Waals surface area contributed by atoms with E-state index < -0.39 is 0 Å². The van der Waals surface area contributed by atoms with Crippen molar-refractivity contribution in [2.45, 2.75) is 88.0 Å². The lowest BCUT2D eigenvalue weighted by atomic mass is 9.53. The van der Waals surface area contributed by atoms with Crippen molar-refractivity contribution in [3.05, 3.63) is 0 Å². The molecule has 0 aliphatic rings. The molecule has 0 heteroatoms. The van der Waals surface area contributed by atoms with E-state index in [1.807, 2.05) is 0 Å². The first-order valence-corrected chi connectivity index (χ1v) is 8.83. The van der Waals surface area contributed by atoms with Crippen LogP contribution < -0.4 is 0 Å². The fourth-order valence-electron chi connectivity index (χ4n) is 4.68. The summed E-state index contributed by atoms with van der Waals surface area (Å²) in [5.41, 5.74) is 0.530. The predicted molar refractivity (Wildman–Crippen MR) is 89.4 cm³/mol. The van der Waals surface area contributed by atoms with Crippen LogP contribution in [0, 0.1) is 35.0 Å². The van der Waals surface area contributed by atoms with E-state index >= 15 is 0 Å². The highest BCUT2D eigenvalue weighted by atomic mass is 14.5. The van der Waals surface area contributed by atoms with Crippen molar-refractivity contribution in [1.29, 1.82) is 0 Å². The lowest BCUT2D eigenvalue weighted by Gasteiger charge is -2.52. The molecule has 0 aliphatic heterocycles. The summed E-state index contributed by atoms with van der Waals surface area (Å²) in [6, 6.07) is 0. The lowest BCUT2D eigenvalue weighted by Crippen LogP contribution is -2.45. The molecule has 0 aromatic carbocycles. The van der Waals surface area contributed by atoms with Gasteiger partial charge in [0.05, 0.1) is 0 Å². The molecule has 0 aromatic heterocycles. The highest BCUT2D eigenvalue weighted by Crippen LogP contribution is 2.53. The molecule has 4 unspecified atom stereocenters. The van der Waals surface area contributed by atoms with Crippen LogP contribution in [0.3, 0.4) is 0 Å². The first-order chi connectivity index (χ1) is 8.83. The van der Waals surface area contributed by atoms with E-state index in [-0.39, 0.29) is 0 Å². The highest BCUT2D eigenvalue weighted by molar-refractivity contribution is 4.94. The van der Waals surface area contributed by atoms with Gasteiger partial charge in [-0.05, 0) is 41.4 Å². The molecule has 19 heavy (non-hydrogen) atoms. The van der Waals surface area contributed by atoms with Crippen molar-refractivity contribution < 1.29 is 0 Å². The van der Waals surface area contributed by atoms with Gasteiger partial charge in [0.25, 0.3) is 0 Å². The van der Waals surface area contributed by atoms with Crippen molar-refractivity contribution in [3.8, 4) is 0 Å². The number of rotatable bonds is 9. The maximum absolute atomic E-state index is 2.54. The summed E-state index contributed by atoms with van der Waals surface area (Å²) < 4.78 is 0. The molecule has 0 N–H and O–H groups in total. The molecule has 0 fully saturated rings. The van der Waals surface area contributed by atoms with Gasteiger partial charge in [-0.15, -0.1) is 0 Å². The van der Waals surface area contributed by atoms with E-state index in [9.17, 15) is 0 Å². The zero-order valence-corrected chi connectivity index (χ0v) is 15.2. The van der Waals surface area contributed by atoms with Crippen LogP contribution in [0.15, 0.2) is 0 Å². The van der Waals surface area contributed by atoms with Crippen LogP contribution >= 0.6 is 0 Å². The Morgan fingerprint density at radius 1 is 0.737 bits per heavy atom. The normalized spacial score (nSPS) is 20.4. The predicted octanol–water partition coefficient (Wildman–Crippen LogP) is 6.79. The van der Waals surface area contributed by atoms with Crippen LogP contribution in [0.25, 0.3) is 0 Å². The third kappa shape index (κ3) is 3.76. The standard InChI is InChI=1S/C19H40/c1-10-15(7)19(13-4,18(11-2)12-3)17(9)16(8)14(5)6/h14-18H,10-13H2,1-9H3. The Balaban J connectivity index is 5.58. The minimum Gasteiger partial charge on any atom is -0.0651 e. The van der Waals surface area contributed by atoms with Crippen LogP contribution in [0.2, 0.25) is 0 Å². The highest BCUT2D eigenvalue weighted by Gasteiger charge is 2.45. The largest absolute Gasteiger partial charge is 0.0651 e. The molecule has 0 heterocycles. The van der Waals surface area contributed by atoms with Gasteiger partial charge in [0.15, 0.2) is 0 Å². The lowest BCUT2D eigenvalue weighted by molar-refractivity contribution is -0.0298. The van der Waals surface area contributed by atoms with Crippen molar-refractivity contribution in [2.24, 2.45) is 35.0 Å². The van der Waals surface area contributed by atoms with Gasteiger partial charge in [0.1, 0.15) is 0 Å². The fraction of sp³-hybridized carbons (Fsp3) is 1.00. The van der Waals surface area contributed by atoms with E-state index in [4.69, 9.17) is 0 Å². The third-order valence-electron chi connectivity index (χ3n) is 6.58. The van der Waals surface area contributed by atoms with Crippen molar-refractivity contribution in [3.63, 3.8) is 0 Å². The van der Waals surface area contributed by atoms with Gasteiger partial charge in [-0.2, -0.15) is 0 Å². The van der Waals surface area contributed by atoms with Crippen molar-refractivity contribution in [2.75, 3.05) is 0 Å². The number of hydrogen-bond donors (Lipinski definition) is 0. The topological polar surface area (TPSA) is 0 Å². The molecular formula is C19H40. The van der Waals surface area contributed by atoms with Gasteiger partial charge >= 0.3 is 0 Å². The molecule has 116 valence electrons. The minimum absolute atomic E-state index is 0.530. The zero-order valence-electron chi connectivity index (χ0n) is 15.2. The van der Waals surface area contributed by atoms with Crippen LogP contribution in [0.5, 0.6) is 0 Å². The quantitative estimate of drug-likeness (QED) is 0.431. The second kappa shape index (κ2) is 8.32. The van der Waals surface area contributed by atoms with Gasteiger partial charge in [0, 0.05) is 0 Å². The van der Waals surface area contributed by atoms with E-state index in [0.717, 1.165) is 29.6 Å². The molecule has 0 aromatic rings. The summed E-state index contributed by atoms with van der Waals surface area (Å²) in [5.74, 6) is 4.13. The Morgan fingerprint density at radius 3 is 1.47 bits per heavy atom. The monoisotopic (exact) mass is 268 g/mol. The van der Waals surface area contributed by atoms with Crippen LogP contribution in [-0.2, 0) is 0 Å². The third-order valence-corrected chi connectivity index (χ3v) is 6.58. The molecule has 0 saturated heterocycles. The van der Waals surface area contributed by atoms with Gasteiger partial charge in [-0.3, -0.25) is 0 Å². The van der Waals surface area contributed by atoms with Gasteiger partial charge < -0.3 is 0 Å². The summed E-state index contributed by atoms with van der Waals surface area (Å²) in [6.07, 6.45) is 5.33. The second-order valence-electron chi connectivity index (χ2n) is 7.18. The number of hydrogen-bond acceptors (Lipinski definition) is 0. The molecule has 0 spiro atoms. The van der Waals surface area contributed by atoms with Crippen molar-refractivity contribution in [1.82, 2.24) is 0 Å². The fourth-order valence-corrected chi connectivity index (χ4v) is 4.68. The van der Waals surface area contributed by atoms with E-state index in [1.54, 1.807) is 0 Å². The van der Waals surface area contributed by atoms with E-state index in [0.29, 0.717) is 5.41 Å². The van der Waals surface area contributed by atoms with E-state index in [2.05, 4.69) is 62.3 Å². The van der Waals surface area contributed by atoms with Gasteiger partial charge in [-0.25, -0.2) is 0 Å². The molecule has 0 radical (unpaired) electrons. The average Bonchev–Trinajstić information content (AvgIpc) is 2.42. The van der Waals surface area contributed by atoms with Gasteiger partial charge in [0.2, 0.25) is 0 Å². The zero-order chi connectivity index (χ0) is 15.2. The Hall–Kier alpha value is 0. The molecule has 0 amide bonds. The maximum atomic E-state index is 2.54. The first-order valence-electron chi connectivity index (χ1n) is 8.83. The smallest absolute Gasteiger partial charge is 0.0218 e. The summed E-state index contributed by atoms with van der Waals surface area (Å²) >= 11 is 0. The molecule has 0 aliphatic carbocycles. The van der Waals surface area contributed by atoms with Gasteiger partial charge in [-0.1, -0.05) is 81.6 Å². The Kier molecular flexibility index (Phi) is 8.32. The molecule has 0 bridgehead atoms. The SMILES string of the molecule is CCC(C)C(CC)(C(CC)CC)C(C)C(C)C(C)C. The molecular weight excluding hydrogens is 228 g/mol. The summed E-state index contributed by atoms with van der Waals surface area (Å²) in [5, 5.41) is 0. The van der Waals surface area contributed by atoms with Crippen LogP contribution in [-0.4, -0.2) is 0 Å². The maximum Gasteiger partial charge on any atom is -0.0218 e. The van der Waals surface area contributed by atoms with Crippen LogP contribution in [0.1, 0.15) is 88.0 Å². The first kappa shape index (κ1) is 19.0. The Morgan fingerprint density at radius 2 is 1.21 bits per heavy atom. The Bertz CT molecular complexity index is 226. The summed E-state index contributed by atoms with van der Waals surface area (Å²) in [4.78, 5) is 0.